The fourth-order valence-electron chi connectivity index (χ4n) is 3.13. The van der Waals surface area contributed by atoms with E-state index >= 15 is 0 Å². The molecule has 2 aromatic carbocycles. The van der Waals surface area contributed by atoms with E-state index in [1.807, 2.05) is 48.5 Å². The number of aromatic nitrogens is 1. The van der Waals surface area contributed by atoms with Gasteiger partial charge in [-0.2, -0.15) is 0 Å². The molecule has 5 nitrogen and oxygen atoms in total. The largest absolute Gasteiger partial charge is 0.489 e. The maximum atomic E-state index is 12.8. The Morgan fingerprint density at radius 3 is 2.55 bits per heavy atom. The van der Waals surface area contributed by atoms with E-state index in [9.17, 15) is 4.79 Å². The van der Waals surface area contributed by atoms with E-state index in [-0.39, 0.29) is 18.4 Å². The van der Waals surface area contributed by atoms with Crippen molar-refractivity contribution in [1.29, 1.82) is 0 Å². The van der Waals surface area contributed by atoms with Crippen LogP contribution in [0.1, 0.15) is 36.1 Å². The Morgan fingerprint density at radius 1 is 1.19 bits per heavy atom. The number of nitrogens with one attached hydrogen (secondary N) is 1. The molecule has 3 rings (SSSR count). The summed E-state index contributed by atoms with van der Waals surface area (Å²) in [6.07, 6.45) is 8.10. The predicted molar refractivity (Wildman–Crippen MR) is 122 cm³/mol. The molecule has 1 heterocycles. The monoisotopic (exact) mass is 436 g/mol. The number of nitrogens with zero attached hydrogens (tertiary/aromatic N) is 1. The molecule has 1 N–H and O–H groups in total. The second kappa shape index (κ2) is 11.2. The van der Waals surface area contributed by atoms with Crippen molar-refractivity contribution >= 4 is 17.5 Å². The van der Waals surface area contributed by atoms with Crippen LogP contribution in [0, 0.1) is 0 Å². The molecule has 0 saturated carbocycles. The Bertz CT molecular complexity index is 1010. The number of hydrogen-bond donors (Lipinski definition) is 1. The van der Waals surface area contributed by atoms with Crippen LogP contribution in [0.4, 0.5) is 0 Å². The van der Waals surface area contributed by atoms with Crippen molar-refractivity contribution in [1.82, 2.24) is 10.5 Å². The molecular weight excluding hydrogens is 412 g/mol. The molecule has 31 heavy (non-hydrogen) atoms. The molecular formula is C25H25ClN2O3. The summed E-state index contributed by atoms with van der Waals surface area (Å²) in [5.74, 6) is 0.631. The topological polar surface area (TPSA) is 64.4 Å². The summed E-state index contributed by atoms with van der Waals surface area (Å²) >= 11 is 6.03. The average molecular weight is 437 g/mol. The van der Waals surface area contributed by atoms with Crippen LogP contribution in [0.5, 0.6) is 5.75 Å². The summed E-state index contributed by atoms with van der Waals surface area (Å²) < 4.78 is 10.5. The first-order valence-electron chi connectivity index (χ1n) is 10.1. The first kappa shape index (κ1) is 22.4. The van der Waals surface area contributed by atoms with E-state index < -0.39 is 0 Å². The second-order valence-electron chi connectivity index (χ2n) is 7.01. The minimum absolute atomic E-state index is 0.0815. The fourth-order valence-corrected chi connectivity index (χ4v) is 3.26. The molecule has 0 bridgehead atoms. The summed E-state index contributed by atoms with van der Waals surface area (Å²) in [5.41, 5.74) is 3.66. The van der Waals surface area contributed by atoms with Crippen molar-refractivity contribution in [3.05, 3.63) is 107 Å². The van der Waals surface area contributed by atoms with Gasteiger partial charge in [0.1, 0.15) is 18.6 Å². The maximum absolute atomic E-state index is 12.8. The number of benzene rings is 2. The number of rotatable bonds is 10. The highest BCUT2D eigenvalue weighted by molar-refractivity contribution is 6.30. The Morgan fingerprint density at radius 2 is 1.94 bits per heavy atom. The van der Waals surface area contributed by atoms with Crippen molar-refractivity contribution in [2.75, 3.05) is 0 Å². The first-order chi connectivity index (χ1) is 15.1. The van der Waals surface area contributed by atoms with Gasteiger partial charge in [-0.05, 0) is 47.4 Å². The lowest BCUT2D eigenvalue weighted by atomic mass is 9.97. The summed E-state index contributed by atoms with van der Waals surface area (Å²) in [4.78, 5) is 12.8. The fraction of sp³-hybridized carbons (Fsp3) is 0.200. The Labute approximate surface area is 187 Å². The SMILES string of the molecule is C=C/C(=C\CC)C(NC(=O)Cc1ccc(OCc2cnoc2)cc1)c1ccc(Cl)cc1. The molecule has 0 aliphatic carbocycles. The van der Waals surface area contributed by atoms with Crippen LogP contribution < -0.4 is 10.1 Å². The smallest absolute Gasteiger partial charge is 0.225 e. The van der Waals surface area contributed by atoms with Gasteiger partial charge >= 0.3 is 0 Å². The zero-order valence-corrected chi connectivity index (χ0v) is 18.1. The van der Waals surface area contributed by atoms with Crippen LogP contribution in [0.3, 0.4) is 0 Å². The van der Waals surface area contributed by atoms with Gasteiger partial charge in [0.15, 0.2) is 0 Å². The normalized spacial score (nSPS) is 12.3. The van der Waals surface area contributed by atoms with Gasteiger partial charge in [-0.1, -0.05) is 66.7 Å². The van der Waals surface area contributed by atoms with E-state index in [0.717, 1.165) is 28.7 Å². The minimum Gasteiger partial charge on any atom is -0.489 e. The van der Waals surface area contributed by atoms with Gasteiger partial charge in [-0.15, -0.1) is 0 Å². The van der Waals surface area contributed by atoms with E-state index in [0.29, 0.717) is 17.4 Å². The van der Waals surface area contributed by atoms with Crippen LogP contribution in [-0.4, -0.2) is 11.1 Å². The first-order valence-corrected chi connectivity index (χ1v) is 10.4. The third kappa shape index (κ3) is 6.59. The molecule has 0 spiro atoms. The number of amides is 1. The van der Waals surface area contributed by atoms with Crippen LogP contribution in [-0.2, 0) is 17.8 Å². The molecule has 0 saturated heterocycles. The van der Waals surface area contributed by atoms with Crippen LogP contribution in [0.2, 0.25) is 5.02 Å². The molecule has 3 aromatic rings. The number of hydrogen-bond acceptors (Lipinski definition) is 4. The number of ether oxygens (including phenoxy) is 1. The maximum Gasteiger partial charge on any atom is 0.225 e. The third-order valence-electron chi connectivity index (χ3n) is 4.69. The van der Waals surface area contributed by atoms with Crippen LogP contribution in [0.15, 0.2) is 89.8 Å². The lowest BCUT2D eigenvalue weighted by molar-refractivity contribution is -0.120. The molecule has 1 amide bonds. The molecule has 1 unspecified atom stereocenters. The highest BCUT2D eigenvalue weighted by atomic mass is 35.5. The molecule has 0 radical (unpaired) electrons. The van der Waals surface area contributed by atoms with E-state index in [4.69, 9.17) is 20.9 Å². The second-order valence-corrected chi connectivity index (χ2v) is 7.45. The summed E-state index contributed by atoms with van der Waals surface area (Å²) in [5, 5.41) is 7.42. The van der Waals surface area contributed by atoms with Crippen molar-refractivity contribution in [3.63, 3.8) is 0 Å². The van der Waals surface area contributed by atoms with Gasteiger partial charge in [0.05, 0.1) is 18.7 Å². The number of halogens is 1. The molecule has 0 aliphatic rings. The third-order valence-corrected chi connectivity index (χ3v) is 4.95. The van der Waals surface area contributed by atoms with Gasteiger partial charge < -0.3 is 14.6 Å². The van der Waals surface area contributed by atoms with Gasteiger partial charge in [0.2, 0.25) is 5.91 Å². The van der Waals surface area contributed by atoms with Crippen molar-refractivity contribution in [2.45, 2.75) is 32.4 Å². The highest BCUT2D eigenvalue weighted by Crippen LogP contribution is 2.25. The van der Waals surface area contributed by atoms with Gasteiger partial charge in [0.25, 0.3) is 0 Å². The quantitative estimate of drug-likeness (QED) is 0.406. The predicted octanol–water partition coefficient (Wildman–Crippen LogP) is 5.83. The minimum atomic E-state index is -0.284. The Kier molecular flexibility index (Phi) is 8.07. The molecule has 1 atom stereocenters. The summed E-state index contributed by atoms with van der Waals surface area (Å²) in [6, 6.07) is 14.7. The van der Waals surface area contributed by atoms with Crippen molar-refractivity contribution < 1.29 is 14.1 Å². The van der Waals surface area contributed by atoms with Crippen LogP contribution in [0.25, 0.3) is 0 Å². The lowest BCUT2D eigenvalue weighted by Crippen LogP contribution is -2.30. The molecule has 0 fully saturated rings. The average Bonchev–Trinajstić information content (AvgIpc) is 3.30. The van der Waals surface area contributed by atoms with E-state index in [1.165, 1.54) is 0 Å². The number of carbonyl (C=O) groups excluding carboxylic acids is 1. The lowest BCUT2D eigenvalue weighted by Gasteiger charge is -2.21. The Hall–Kier alpha value is -3.31. The zero-order chi connectivity index (χ0) is 22.1. The number of carbonyl (C=O) groups is 1. The molecule has 0 aliphatic heterocycles. The molecule has 160 valence electrons. The highest BCUT2D eigenvalue weighted by Gasteiger charge is 2.17. The van der Waals surface area contributed by atoms with Crippen LogP contribution >= 0.6 is 11.6 Å². The zero-order valence-electron chi connectivity index (χ0n) is 17.4. The van der Waals surface area contributed by atoms with Gasteiger partial charge in [-0.25, -0.2) is 0 Å². The molecule has 1 aromatic heterocycles. The van der Waals surface area contributed by atoms with E-state index in [2.05, 4.69) is 30.1 Å². The van der Waals surface area contributed by atoms with Gasteiger partial charge in [0, 0.05) is 10.6 Å². The van der Waals surface area contributed by atoms with Crippen molar-refractivity contribution in [2.24, 2.45) is 0 Å². The van der Waals surface area contributed by atoms with Gasteiger partial charge in [-0.3, -0.25) is 4.79 Å². The summed E-state index contributed by atoms with van der Waals surface area (Å²) in [7, 11) is 0. The Balaban J connectivity index is 1.65. The standard InChI is InChI=1S/C25H25ClN2O3/c1-3-5-20(4-2)25(21-8-10-22(26)11-9-21)28-24(29)14-18-6-12-23(13-7-18)30-16-19-15-27-31-17-19/h4-13,15,17,25H,2-3,14,16H2,1H3,(H,28,29)/b20-5+. The van der Waals surface area contributed by atoms with E-state index in [1.54, 1.807) is 18.5 Å². The van der Waals surface area contributed by atoms with Crippen molar-refractivity contribution in [3.8, 4) is 5.75 Å². The number of allylic oxidation sites excluding steroid dienone is 1. The summed E-state index contributed by atoms with van der Waals surface area (Å²) in [6.45, 7) is 6.34. The molecule has 6 heteroatoms.